The predicted octanol–water partition coefficient (Wildman–Crippen LogP) is 1.95. The van der Waals surface area contributed by atoms with Crippen LogP contribution in [0.3, 0.4) is 0 Å². The van der Waals surface area contributed by atoms with E-state index in [0.717, 1.165) is 32.5 Å². The normalized spacial score (nSPS) is 17.7. The van der Waals surface area contributed by atoms with Crippen molar-refractivity contribution in [3.63, 3.8) is 0 Å². The van der Waals surface area contributed by atoms with E-state index >= 15 is 0 Å². The minimum atomic E-state index is -0.132. The number of hydrogen-bond acceptors (Lipinski definition) is 3. The standard InChI is InChI=1S/C13H18ClN3O/c1-2-17-7-4-11(5-8-17)16-13(18)12-9-10(14)3-6-15-12/h3,6,9,11H,2,4-5,7-8H2,1H3,(H,16,18). The van der Waals surface area contributed by atoms with Crippen molar-refractivity contribution in [1.29, 1.82) is 0 Å². The second kappa shape index (κ2) is 6.16. The third kappa shape index (κ3) is 3.43. The molecule has 0 spiro atoms. The second-order valence-corrected chi connectivity index (χ2v) is 4.98. The maximum Gasteiger partial charge on any atom is 0.270 e. The van der Waals surface area contributed by atoms with Gasteiger partial charge < -0.3 is 10.2 Å². The van der Waals surface area contributed by atoms with Gasteiger partial charge in [-0.1, -0.05) is 18.5 Å². The molecule has 0 saturated carbocycles. The molecule has 98 valence electrons. The highest BCUT2D eigenvalue weighted by molar-refractivity contribution is 6.30. The van der Waals surface area contributed by atoms with E-state index < -0.39 is 0 Å². The van der Waals surface area contributed by atoms with Gasteiger partial charge >= 0.3 is 0 Å². The van der Waals surface area contributed by atoms with Gasteiger partial charge in [0.05, 0.1) is 0 Å². The zero-order valence-corrected chi connectivity index (χ0v) is 11.3. The van der Waals surface area contributed by atoms with Crippen molar-refractivity contribution in [3.05, 3.63) is 29.0 Å². The Hall–Kier alpha value is -1.13. The number of hydrogen-bond donors (Lipinski definition) is 1. The molecule has 0 unspecified atom stereocenters. The van der Waals surface area contributed by atoms with Gasteiger partial charge in [0.25, 0.3) is 5.91 Å². The first kappa shape index (κ1) is 13.3. The summed E-state index contributed by atoms with van der Waals surface area (Å²) in [5.41, 5.74) is 0.389. The Balaban J connectivity index is 1.89. The van der Waals surface area contributed by atoms with E-state index in [9.17, 15) is 4.79 Å². The minimum absolute atomic E-state index is 0.132. The second-order valence-electron chi connectivity index (χ2n) is 4.54. The topological polar surface area (TPSA) is 45.2 Å². The highest BCUT2D eigenvalue weighted by Gasteiger charge is 2.20. The fraction of sp³-hybridized carbons (Fsp3) is 0.538. The molecule has 1 fully saturated rings. The Morgan fingerprint density at radius 3 is 2.89 bits per heavy atom. The van der Waals surface area contributed by atoms with E-state index in [4.69, 9.17) is 11.6 Å². The van der Waals surface area contributed by atoms with E-state index in [0.29, 0.717) is 10.7 Å². The fourth-order valence-corrected chi connectivity index (χ4v) is 2.34. The average Bonchev–Trinajstić information content (AvgIpc) is 2.39. The van der Waals surface area contributed by atoms with E-state index in [1.165, 1.54) is 0 Å². The summed E-state index contributed by atoms with van der Waals surface area (Å²) in [6.45, 7) is 5.33. The van der Waals surface area contributed by atoms with Crippen LogP contribution in [0.1, 0.15) is 30.3 Å². The summed E-state index contributed by atoms with van der Waals surface area (Å²) in [6, 6.07) is 3.51. The first-order chi connectivity index (χ1) is 8.69. The quantitative estimate of drug-likeness (QED) is 0.911. The lowest BCUT2D eigenvalue weighted by Crippen LogP contribution is -2.44. The van der Waals surface area contributed by atoms with E-state index in [2.05, 4.69) is 22.1 Å². The van der Waals surface area contributed by atoms with Crippen molar-refractivity contribution in [2.24, 2.45) is 0 Å². The summed E-state index contributed by atoms with van der Waals surface area (Å²) in [7, 11) is 0. The number of pyridine rings is 1. The molecule has 0 atom stereocenters. The van der Waals surface area contributed by atoms with Crippen LogP contribution < -0.4 is 5.32 Å². The molecular formula is C13H18ClN3O. The molecule has 0 aliphatic carbocycles. The summed E-state index contributed by atoms with van der Waals surface area (Å²) < 4.78 is 0. The summed E-state index contributed by atoms with van der Waals surface area (Å²) in [5, 5.41) is 3.56. The molecule has 4 nitrogen and oxygen atoms in total. The molecule has 0 radical (unpaired) electrons. The number of rotatable bonds is 3. The van der Waals surface area contributed by atoms with Crippen molar-refractivity contribution in [1.82, 2.24) is 15.2 Å². The molecule has 1 aromatic heterocycles. The number of halogens is 1. The Kier molecular flexibility index (Phi) is 4.55. The van der Waals surface area contributed by atoms with E-state index in [1.54, 1.807) is 18.3 Å². The van der Waals surface area contributed by atoms with Crippen LogP contribution in [0.2, 0.25) is 5.02 Å². The Morgan fingerprint density at radius 2 is 2.28 bits per heavy atom. The number of likely N-dealkylation sites (tertiary alicyclic amines) is 1. The van der Waals surface area contributed by atoms with Crippen LogP contribution in [0.5, 0.6) is 0 Å². The number of piperidine rings is 1. The van der Waals surface area contributed by atoms with Crippen molar-refractivity contribution in [2.75, 3.05) is 19.6 Å². The monoisotopic (exact) mass is 267 g/mol. The summed E-state index contributed by atoms with van der Waals surface area (Å²) >= 11 is 5.84. The van der Waals surface area contributed by atoms with Crippen molar-refractivity contribution < 1.29 is 4.79 Å². The number of amides is 1. The molecule has 2 heterocycles. The van der Waals surface area contributed by atoms with Crippen LogP contribution >= 0.6 is 11.6 Å². The highest BCUT2D eigenvalue weighted by Crippen LogP contribution is 2.12. The SMILES string of the molecule is CCN1CCC(NC(=O)c2cc(Cl)ccn2)CC1. The molecule has 1 aliphatic heterocycles. The van der Waals surface area contributed by atoms with E-state index in [1.807, 2.05) is 0 Å². The lowest BCUT2D eigenvalue weighted by atomic mass is 10.0. The first-order valence-corrected chi connectivity index (χ1v) is 6.71. The smallest absolute Gasteiger partial charge is 0.270 e. The summed E-state index contributed by atoms with van der Waals surface area (Å²) in [5.74, 6) is -0.132. The lowest BCUT2D eigenvalue weighted by Gasteiger charge is -2.31. The highest BCUT2D eigenvalue weighted by atomic mass is 35.5. The zero-order chi connectivity index (χ0) is 13.0. The van der Waals surface area contributed by atoms with Crippen LogP contribution in [0.4, 0.5) is 0 Å². The van der Waals surface area contributed by atoms with Crippen molar-refractivity contribution in [2.45, 2.75) is 25.8 Å². The van der Waals surface area contributed by atoms with Gasteiger partial charge in [-0.15, -0.1) is 0 Å². The van der Waals surface area contributed by atoms with Crippen molar-refractivity contribution >= 4 is 17.5 Å². The van der Waals surface area contributed by atoms with Gasteiger partial charge in [-0.3, -0.25) is 9.78 Å². The molecule has 2 rings (SSSR count). The zero-order valence-electron chi connectivity index (χ0n) is 10.5. The van der Waals surface area contributed by atoms with Crippen LogP contribution in [-0.4, -0.2) is 41.5 Å². The molecule has 0 bridgehead atoms. The molecule has 1 aliphatic rings. The minimum Gasteiger partial charge on any atom is -0.348 e. The first-order valence-electron chi connectivity index (χ1n) is 6.34. The largest absolute Gasteiger partial charge is 0.348 e. The number of aromatic nitrogens is 1. The molecule has 0 aromatic carbocycles. The third-order valence-corrected chi connectivity index (χ3v) is 3.56. The van der Waals surface area contributed by atoms with Crippen LogP contribution in [0.15, 0.2) is 18.3 Å². The Labute approximate surface area is 112 Å². The molecule has 1 amide bonds. The Morgan fingerprint density at radius 1 is 1.56 bits per heavy atom. The molecule has 1 saturated heterocycles. The number of nitrogens with zero attached hydrogens (tertiary/aromatic N) is 2. The molecule has 5 heteroatoms. The number of nitrogens with one attached hydrogen (secondary N) is 1. The molecular weight excluding hydrogens is 250 g/mol. The summed E-state index contributed by atoms with van der Waals surface area (Å²) in [6.07, 6.45) is 3.55. The van der Waals surface area contributed by atoms with Crippen molar-refractivity contribution in [3.8, 4) is 0 Å². The van der Waals surface area contributed by atoms with Gasteiger partial charge in [-0.25, -0.2) is 0 Å². The van der Waals surface area contributed by atoms with Gasteiger partial charge in [0.2, 0.25) is 0 Å². The Bertz CT molecular complexity index is 416. The van der Waals surface area contributed by atoms with E-state index in [-0.39, 0.29) is 11.9 Å². The van der Waals surface area contributed by atoms with Gasteiger partial charge in [0, 0.05) is 30.4 Å². The maximum atomic E-state index is 12.0. The third-order valence-electron chi connectivity index (χ3n) is 3.32. The summed E-state index contributed by atoms with van der Waals surface area (Å²) in [4.78, 5) is 18.4. The maximum absolute atomic E-state index is 12.0. The number of carbonyl (C=O) groups excluding carboxylic acids is 1. The molecule has 18 heavy (non-hydrogen) atoms. The molecule has 1 aromatic rings. The molecule has 1 N–H and O–H groups in total. The van der Waals surface area contributed by atoms with Crippen LogP contribution in [0, 0.1) is 0 Å². The lowest BCUT2D eigenvalue weighted by molar-refractivity contribution is 0.0907. The number of carbonyl (C=O) groups is 1. The fourth-order valence-electron chi connectivity index (χ4n) is 2.18. The van der Waals surface area contributed by atoms with Gasteiger partial charge in [-0.05, 0) is 31.5 Å². The average molecular weight is 268 g/mol. The van der Waals surface area contributed by atoms with Gasteiger partial charge in [0.1, 0.15) is 5.69 Å². The predicted molar refractivity (Wildman–Crippen MR) is 71.8 cm³/mol. The van der Waals surface area contributed by atoms with Crippen LogP contribution in [0.25, 0.3) is 0 Å². The van der Waals surface area contributed by atoms with Gasteiger partial charge in [-0.2, -0.15) is 0 Å². The van der Waals surface area contributed by atoms with Gasteiger partial charge in [0.15, 0.2) is 0 Å². The van der Waals surface area contributed by atoms with Crippen LogP contribution in [-0.2, 0) is 0 Å².